The van der Waals surface area contributed by atoms with E-state index in [2.05, 4.69) is 0 Å². The lowest BCUT2D eigenvalue weighted by atomic mass is 9.44. The van der Waals surface area contributed by atoms with Gasteiger partial charge in [0.2, 0.25) is 0 Å². The van der Waals surface area contributed by atoms with Crippen molar-refractivity contribution in [2.45, 2.75) is 57.4 Å². The third-order valence-electron chi connectivity index (χ3n) is 8.35. The number of alkyl halides is 1. The fourth-order valence-corrected chi connectivity index (χ4v) is 6.39. The number of rotatable bonds is 2. The van der Waals surface area contributed by atoms with Gasteiger partial charge in [-0.1, -0.05) is 18.6 Å². The molecule has 0 bridgehead atoms. The van der Waals surface area contributed by atoms with Crippen LogP contribution in [0.25, 0.3) is 0 Å². The third kappa shape index (κ3) is 2.04. The number of aliphatic hydroxyl groups excluding tert-OH is 2. The summed E-state index contributed by atoms with van der Waals surface area (Å²) in [5.74, 6) is -1.34. The van der Waals surface area contributed by atoms with Crippen molar-refractivity contribution in [2.75, 3.05) is 13.2 Å². The molecule has 0 spiro atoms. The number of carbonyl (C=O) groups excluding carboxylic acids is 2. The highest BCUT2D eigenvalue weighted by molar-refractivity contribution is 6.01. The SMILES string of the molecule is CC12C=CC(=O)C=C1CCC1C3COC(C)(C(=O)CO)C3(C)CC(O)C12F. The van der Waals surface area contributed by atoms with Gasteiger partial charge in [0, 0.05) is 16.7 Å². The average Bonchev–Trinajstić information content (AvgIpc) is 2.88. The topological polar surface area (TPSA) is 83.8 Å². The van der Waals surface area contributed by atoms with E-state index in [9.17, 15) is 19.8 Å². The number of halogens is 1. The van der Waals surface area contributed by atoms with Gasteiger partial charge in [-0.15, -0.1) is 0 Å². The molecule has 4 rings (SSSR count). The quantitative estimate of drug-likeness (QED) is 0.767. The van der Waals surface area contributed by atoms with Crippen LogP contribution in [0, 0.1) is 22.7 Å². The van der Waals surface area contributed by atoms with Crippen molar-refractivity contribution in [3.8, 4) is 0 Å². The molecule has 6 heteroatoms. The normalized spacial score (nSPS) is 51.3. The highest BCUT2D eigenvalue weighted by Crippen LogP contribution is 2.68. The van der Waals surface area contributed by atoms with Crippen LogP contribution >= 0.6 is 0 Å². The van der Waals surface area contributed by atoms with E-state index in [1.54, 1.807) is 19.9 Å². The van der Waals surface area contributed by atoms with Crippen molar-refractivity contribution in [1.82, 2.24) is 0 Å². The van der Waals surface area contributed by atoms with Crippen LogP contribution in [0.1, 0.15) is 40.0 Å². The molecule has 3 fully saturated rings. The van der Waals surface area contributed by atoms with Crippen LogP contribution in [-0.2, 0) is 14.3 Å². The maximum atomic E-state index is 16.8. The third-order valence-corrected chi connectivity index (χ3v) is 8.35. The molecular formula is C21H27FO5. The Labute approximate surface area is 158 Å². The second-order valence-corrected chi connectivity index (χ2v) is 9.19. The summed E-state index contributed by atoms with van der Waals surface area (Å²) in [4.78, 5) is 24.3. The van der Waals surface area contributed by atoms with Gasteiger partial charge in [0.1, 0.15) is 12.2 Å². The Kier molecular flexibility index (Phi) is 3.92. The summed E-state index contributed by atoms with van der Waals surface area (Å²) in [6.07, 6.45) is 4.33. The van der Waals surface area contributed by atoms with Crippen LogP contribution in [-0.4, -0.2) is 52.4 Å². The summed E-state index contributed by atoms with van der Waals surface area (Å²) in [6.45, 7) is 4.86. The van der Waals surface area contributed by atoms with E-state index in [1.807, 2.05) is 6.92 Å². The number of Topliss-reactive ketones (excluding diaryl/α,β-unsaturated/α-hetero) is 1. The molecule has 27 heavy (non-hydrogen) atoms. The van der Waals surface area contributed by atoms with E-state index in [1.165, 1.54) is 12.2 Å². The Morgan fingerprint density at radius 2 is 2.04 bits per heavy atom. The Hall–Kier alpha value is -1.37. The molecule has 1 saturated heterocycles. The monoisotopic (exact) mass is 378 g/mol. The van der Waals surface area contributed by atoms with Gasteiger partial charge in [-0.3, -0.25) is 9.59 Å². The van der Waals surface area contributed by atoms with Gasteiger partial charge in [0.05, 0.1) is 12.7 Å². The summed E-state index contributed by atoms with van der Waals surface area (Å²) in [6, 6.07) is 0. The van der Waals surface area contributed by atoms with Gasteiger partial charge in [-0.05, 0) is 51.2 Å². The Bertz CT molecular complexity index is 775. The van der Waals surface area contributed by atoms with Gasteiger partial charge >= 0.3 is 0 Å². The van der Waals surface area contributed by atoms with Crippen LogP contribution in [0.15, 0.2) is 23.8 Å². The molecule has 7 unspecified atom stereocenters. The summed E-state index contributed by atoms with van der Waals surface area (Å²) in [5, 5.41) is 20.5. The summed E-state index contributed by atoms with van der Waals surface area (Å²) >= 11 is 0. The molecule has 0 radical (unpaired) electrons. The van der Waals surface area contributed by atoms with Gasteiger partial charge < -0.3 is 14.9 Å². The highest BCUT2D eigenvalue weighted by atomic mass is 19.1. The molecule has 1 heterocycles. The number of hydrogen-bond acceptors (Lipinski definition) is 5. The molecule has 4 aliphatic rings. The fourth-order valence-electron chi connectivity index (χ4n) is 6.39. The van der Waals surface area contributed by atoms with Crippen molar-refractivity contribution in [3.63, 3.8) is 0 Å². The van der Waals surface area contributed by atoms with E-state index in [0.717, 1.165) is 5.57 Å². The van der Waals surface area contributed by atoms with E-state index in [0.29, 0.717) is 12.8 Å². The smallest absolute Gasteiger partial charge is 0.190 e. The number of hydrogen-bond donors (Lipinski definition) is 2. The van der Waals surface area contributed by atoms with Crippen LogP contribution < -0.4 is 0 Å². The van der Waals surface area contributed by atoms with Gasteiger partial charge in [-0.2, -0.15) is 0 Å². The largest absolute Gasteiger partial charge is 0.390 e. The Morgan fingerprint density at radius 3 is 2.70 bits per heavy atom. The number of ketones is 2. The van der Waals surface area contributed by atoms with E-state index >= 15 is 4.39 Å². The second-order valence-electron chi connectivity index (χ2n) is 9.19. The average molecular weight is 378 g/mol. The number of aliphatic hydroxyl groups is 2. The lowest BCUT2D eigenvalue weighted by molar-refractivity contribution is -0.199. The molecule has 5 nitrogen and oxygen atoms in total. The molecule has 0 amide bonds. The number of carbonyl (C=O) groups is 2. The van der Waals surface area contributed by atoms with Crippen LogP contribution in [0.5, 0.6) is 0 Å². The van der Waals surface area contributed by atoms with E-state index in [4.69, 9.17) is 4.74 Å². The van der Waals surface area contributed by atoms with Crippen molar-refractivity contribution in [2.24, 2.45) is 22.7 Å². The van der Waals surface area contributed by atoms with Crippen LogP contribution in [0.4, 0.5) is 4.39 Å². The minimum absolute atomic E-state index is 0.0670. The first-order valence-electron chi connectivity index (χ1n) is 9.64. The molecule has 2 N–H and O–H groups in total. The van der Waals surface area contributed by atoms with Crippen molar-refractivity contribution < 1.29 is 28.9 Å². The number of fused-ring (bicyclic) bond motifs is 5. The first-order valence-corrected chi connectivity index (χ1v) is 9.64. The predicted octanol–water partition coefficient (Wildman–Crippen LogP) is 1.91. The molecule has 148 valence electrons. The lowest BCUT2D eigenvalue weighted by Gasteiger charge is -2.62. The van der Waals surface area contributed by atoms with Crippen molar-refractivity contribution in [3.05, 3.63) is 23.8 Å². The Balaban J connectivity index is 1.81. The fraction of sp³-hybridized carbons (Fsp3) is 0.714. The van der Waals surface area contributed by atoms with E-state index < -0.39 is 46.5 Å². The zero-order valence-electron chi connectivity index (χ0n) is 16.0. The molecule has 1 aliphatic heterocycles. The lowest BCUT2D eigenvalue weighted by Crippen LogP contribution is -2.69. The molecule has 3 aliphatic carbocycles. The molecule has 0 aromatic carbocycles. The standard InChI is InChI=1S/C21H27FO5/c1-18-7-6-13(24)8-12(18)4-5-14-15-11-27-20(3,17(26)10-23)19(15,2)9-16(25)21(14,18)22/h6-8,14-16,23,25H,4-5,9-11H2,1-3H3. The van der Waals surface area contributed by atoms with Crippen molar-refractivity contribution in [1.29, 1.82) is 0 Å². The van der Waals surface area contributed by atoms with Gasteiger partial charge in [0.25, 0.3) is 0 Å². The summed E-state index contributed by atoms with van der Waals surface area (Å²) in [7, 11) is 0. The molecule has 0 aromatic heterocycles. The highest BCUT2D eigenvalue weighted by Gasteiger charge is 2.73. The molecular weight excluding hydrogens is 351 g/mol. The summed E-state index contributed by atoms with van der Waals surface area (Å²) < 4.78 is 22.7. The molecule has 7 atom stereocenters. The van der Waals surface area contributed by atoms with E-state index in [-0.39, 0.29) is 24.7 Å². The Morgan fingerprint density at radius 1 is 1.33 bits per heavy atom. The number of ether oxygens (including phenoxy) is 1. The second kappa shape index (κ2) is 5.58. The molecule has 0 aromatic rings. The first kappa shape index (κ1) is 19.0. The van der Waals surface area contributed by atoms with Gasteiger partial charge in [0.15, 0.2) is 17.2 Å². The van der Waals surface area contributed by atoms with Gasteiger partial charge in [-0.25, -0.2) is 4.39 Å². The maximum absolute atomic E-state index is 16.8. The zero-order valence-corrected chi connectivity index (χ0v) is 16.0. The minimum Gasteiger partial charge on any atom is -0.390 e. The van der Waals surface area contributed by atoms with Crippen molar-refractivity contribution >= 4 is 11.6 Å². The predicted molar refractivity (Wildman–Crippen MR) is 95.6 cm³/mol. The minimum atomic E-state index is -1.94. The number of allylic oxidation sites excluding steroid dienone is 4. The molecule has 2 saturated carbocycles. The van der Waals surface area contributed by atoms with Crippen LogP contribution in [0.2, 0.25) is 0 Å². The first-order chi connectivity index (χ1) is 12.5. The maximum Gasteiger partial charge on any atom is 0.190 e. The summed E-state index contributed by atoms with van der Waals surface area (Å²) in [5.41, 5.74) is -4.27. The zero-order chi connectivity index (χ0) is 19.8. The van der Waals surface area contributed by atoms with Crippen LogP contribution in [0.3, 0.4) is 0 Å².